The fourth-order valence-corrected chi connectivity index (χ4v) is 5.20. The summed E-state index contributed by atoms with van der Waals surface area (Å²) in [5, 5.41) is 0. The molecule has 1 aromatic rings. The Morgan fingerprint density at radius 1 is 1.20 bits per heavy atom. The second-order valence-corrected chi connectivity index (χ2v) is 8.44. The Balaban J connectivity index is 3.04. The number of rotatable bonds is 2. The van der Waals surface area contributed by atoms with Crippen molar-refractivity contribution in [1.29, 1.82) is 0 Å². The van der Waals surface area contributed by atoms with Crippen molar-refractivity contribution in [1.82, 2.24) is 0 Å². The molecule has 0 aliphatic rings. The van der Waals surface area contributed by atoms with Crippen LogP contribution >= 0.6 is 45.2 Å². The fraction of sp³-hybridized carbons (Fsp3) is 0.364. The molecule has 0 aliphatic carbocycles. The van der Waals surface area contributed by atoms with Gasteiger partial charge in [-0.25, -0.2) is 4.79 Å². The summed E-state index contributed by atoms with van der Waals surface area (Å²) in [6, 6.07) is 2.66. The van der Waals surface area contributed by atoms with Gasteiger partial charge in [0.1, 0.15) is 16.2 Å². The van der Waals surface area contributed by atoms with Gasteiger partial charge in [0, 0.05) is 7.14 Å². The number of ether oxygens (including phenoxy) is 2. The van der Waals surface area contributed by atoms with Crippen molar-refractivity contribution in [3.05, 3.63) is 19.3 Å². The first-order valence-electron chi connectivity index (χ1n) is 5.27. The first kappa shape index (κ1) is 17.9. The van der Waals surface area contributed by atoms with Crippen LogP contribution in [0.1, 0.15) is 20.8 Å². The maximum atomic E-state index is 11.5. The number of halogens is 2. The maximum absolute atomic E-state index is 11.5. The van der Waals surface area contributed by atoms with Gasteiger partial charge in [-0.15, -0.1) is 0 Å². The van der Waals surface area contributed by atoms with Crippen LogP contribution in [0.5, 0.6) is 5.75 Å². The van der Waals surface area contributed by atoms with Gasteiger partial charge >= 0.3 is 6.16 Å². The van der Waals surface area contributed by atoms with Crippen LogP contribution < -0.4 is 4.74 Å². The molecule has 0 aromatic heterocycles. The van der Waals surface area contributed by atoms with Gasteiger partial charge in [-0.05, 0) is 78.1 Å². The average Bonchev–Trinajstić information content (AvgIpc) is 2.08. The lowest BCUT2D eigenvalue weighted by Crippen LogP contribution is -2.26. The highest BCUT2D eigenvalue weighted by atomic mass is 127. The smallest absolute Gasteiger partial charge is 0.428 e. The lowest BCUT2D eigenvalue weighted by molar-refractivity contribution is 0.0206. The van der Waals surface area contributed by atoms with E-state index in [0.29, 0.717) is 0 Å². The normalized spacial score (nSPS) is 12.1. The van der Waals surface area contributed by atoms with Crippen molar-refractivity contribution >= 4 is 61.5 Å². The molecule has 6 nitrogen and oxygen atoms in total. The molecule has 112 valence electrons. The lowest BCUT2D eigenvalue weighted by atomic mass is 10.2. The quantitative estimate of drug-likeness (QED) is 0.275. The SMILES string of the molecule is CC(C)(C)OC(=O)Oc1cc(I)c(S(=O)(=O)O)c(I)c1. The molecule has 9 heteroatoms. The van der Waals surface area contributed by atoms with Gasteiger partial charge in [0.2, 0.25) is 0 Å². The second kappa shape index (κ2) is 6.32. The molecule has 0 atom stereocenters. The molecule has 1 aromatic carbocycles. The predicted molar refractivity (Wildman–Crippen MR) is 88.6 cm³/mol. The Labute approximate surface area is 144 Å². The molecule has 0 saturated carbocycles. The Kier molecular flexibility index (Phi) is 5.66. The van der Waals surface area contributed by atoms with Gasteiger partial charge in [-0.1, -0.05) is 0 Å². The van der Waals surface area contributed by atoms with E-state index in [0.717, 1.165) is 0 Å². The van der Waals surface area contributed by atoms with Crippen molar-refractivity contribution in [2.24, 2.45) is 0 Å². The van der Waals surface area contributed by atoms with Gasteiger partial charge in [-0.2, -0.15) is 8.42 Å². The molecule has 1 N–H and O–H groups in total. The summed E-state index contributed by atoms with van der Waals surface area (Å²) in [7, 11) is -4.32. The fourth-order valence-electron chi connectivity index (χ4n) is 1.21. The number of hydrogen-bond acceptors (Lipinski definition) is 5. The third kappa shape index (κ3) is 5.33. The molecule has 0 aliphatic heterocycles. The molecular formula is C11H12I2O6S. The Hall–Kier alpha value is -0.140. The predicted octanol–water partition coefficient (Wildman–Crippen LogP) is 3.46. The van der Waals surface area contributed by atoms with Crippen LogP contribution in [0.2, 0.25) is 0 Å². The summed E-state index contributed by atoms with van der Waals surface area (Å²) in [6.07, 6.45) is -0.885. The van der Waals surface area contributed by atoms with Gasteiger partial charge in [-0.3, -0.25) is 4.55 Å². The van der Waals surface area contributed by atoms with Crippen molar-refractivity contribution in [2.75, 3.05) is 0 Å². The van der Waals surface area contributed by atoms with E-state index in [2.05, 4.69) is 0 Å². The van der Waals surface area contributed by atoms with E-state index in [1.54, 1.807) is 66.0 Å². The molecule has 0 unspecified atom stereocenters. The van der Waals surface area contributed by atoms with E-state index < -0.39 is 21.9 Å². The van der Waals surface area contributed by atoms with E-state index in [4.69, 9.17) is 14.0 Å². The van der Waals surface area contributed by atoms with Gasteiger partial charge in [0.15, 0.2) is 0 Å². The minimum Gasteiger partial charge on any atom is -0.428 e. The van der Waals surface area contributed by atoms with Crippen LogP contribution in [0.15, 0.2) is 17.0 Å². The zero-order valence-electron chi connectivity index (χ0n) is 10.8. The summed E-state index contributed by atoms with van der Waals surface area (Å²) >= 11 is 3.47. The molecule has 0 fully saturated rings. The van der Waals surface area contributed by atoms with Crippen molar-refractivity contribution in [3.8, 4) is 5.75 Å². The largest absolute Gasteiger partial charge is 0.514 e. The highest BCUT2D eigenvalue weighted by Gasteiger charge is 2.22. The Bertz CT molecular complexity index is 610. The number of benzene rings is 1. The first-order valence-corrected chi connectivity index (χ1v) is 8.87. The number of hydrogen-bond donors (Lipinski definition) is 1. The number of carbonyl (C=O) groups is 1. The van der Waals surface area contributed by atoms with E-state index in [-0.39, 0.29) is 17.8 Å². The summed E-state index contributed by atoms with van der Waals surface area (Å²) < 4.78 is 42.0. The summed E-state index contributed by atoms with van der Waals surface area (Å²) in [5.41, 5.74) is -0.689. The highest BCUT2D eigenvalue weighted by Crippen LogP contribution is 2.29. The number of carbonyl (C=O) groups excluding carboxylic acids is 1. The maximum Gasteiger partial charge on any atom is 0.514 e. The molecule has 0 saturated heterocycles. The highest BCUT2D eigenvalue weighted by molar-refractivity contribution is 14.1. The van der Waals surface area contributed by atoms with E-state index in [1.807, 2.05) is 0 Å². The minimum atomic E-state index is -4.32. The summed E-state index contributed by atoms with van der Waals surface area (Å²) in [4.78, 5) is 11.3. The van der Waals surface area contributed by atoms with Crippen LogP contribution in [0, 0.1) is 7.14 Å². The van der Waals surface area contributed by atoms with Crippen molar-refractivity contribution in [3.63, 3.8) is 0 Å². The molecule has 0 heterocycles. The van der Waals surface area contributed by atoms with Crippen molar-refractivity contribution < 1.29 is 27.2 Å². The monoisotopic (exact) mass is 526 g/mol. The second-order valence-electron chi connectivity index (χ2n) is 4.76. The molecule has 0 amide bonds. The molecule has 0 spiro atoms. The minimum absolute atomic E-state index is 0.139. The zero-order valence-corrected chi connectivity index (χ0v) is 15.9. The third-order valence-corrected chi connectivity index (χ3v) is 5.21. The summed E-state index contributed by atoms with van der Waals surface area (Å²) in [6.45, 7) is 5.09. The Morgan fingerprint density at radius 2 is 1.65 bits per heavy atom. The van der Waals surface area contributed by atoms with Gasteiger partial charge in [0.05, 0.1) is 0 Å². The van der Waals surface area contributed by atoms with Crippen molar-refractivity contribution in [2.45, 2.75) is 31.3 Å². The van der Waals surface area contributed by atoms with Crippen LogP contribution in [0.3, 0.4) is 0 Å². The van der Waals surface area contributed by atoms with Gasteiger partial charge in [0.25, 0.3) is 10.1 Å². The molecular weight excluding hydrogens is 514 g/mol. The molecule has 0 radical (unpaired) electrons. The standard InChI is InChI=1S/C11H12I2O6S/c1-11(2,3)19-10(14)18-6-4-7(12)9(8(13)5-6)20(15,16)17/h4-5H,1-3H3,(H,15,16,17). The van der Waals surface area contributed by atoms with Crippen LogP contribution in [0.25, 0.3) is 0 Å². The zero-order chi connectivity index (χ0) is 15.7. The molecule has 1 rings (SSSR count). The van der Waals surface area contributed by atoms with Crippen LogP contribution in [0.4, 0.5) is 4.79 Å². The third-order valence-electron chi connectivity index (χ3n) is 1.82. The summed E-state index contributed by atoms with van der Waals surface area (Å²) in [5.74, 6) is 0.139. The van der Waals surface area contributed by atoms with Crippen LogP contribution in [-0.2, 0) is 14.9 Å². The lowest BCUT2D eigenvalue weighted by Gasteiger charge is -2.18. The molecule has 0 bridgehead atoms. The topological polar surface area (TPSA) is 89.9 Å². The molecule has 20 heavy (non-hydrogen) atoms. The van der Waals surface area contributed by atoms with Crippen LogP contribution in [-0.4, -0.2) is 24.7 Å². The average molecular weight is 526 g/mol. The first-order chi connectivity index (χ1) is 8.90. The van der Waals surface area contributed by atoms with E-state index in [1.165, 1.54) is 12.1 Å². The van der Waals surface area contributed by atoms with E-state index in [9.17, 15) is 13.2 Å². The Morgan fingerprint density at radius 3 is 2.00 bits per heavy atom. The van der Waals surface area contributed by atoms with Gasteiger partial charge < -0.3 is 9.47 Å². The van der Waals surface area contributed by atoms with E-state index >= 15 is 0 Å².